The lowest BCUT2D eigenvalue weighted by Crippen LogP contribution is -2.30. The average Bonchev–Trinajstić information content (AvgIpc) is 3.15. The van der Waals surface area contributed by atoms with Gasteiger partial charge in [-0.2, -0.15) is 0 Å². The Morgan fingerprint density at radius 2 is 1.86 bits per heavy atom. The molecule has 0 spiro atoms. The Labute approximate surface area is 169 Å². The summed E-state index contributed by atoms with van der Waals surface area (Å²) in [6, 6.07) is 19.2. The molecule has 1 amide bonds. The van der Waals surface area contributed by atoms with Crippen molar-refractivity contribution in [3.63, 3.8) is 0 Å². The second-order valence-electron chi connectivity index (χ2n) is 6.29. The van der Waals surface area contributed by atoms with E-state index in [1.165, 1.54) is 52.6 Å². The van der Waals surface area contributed by atoms with Gasteiger partial charge in [-0.15, -0.1) is 0 Å². The number of nitro benzene ring substituents is 1. The van der Waals surface area contributed by atoms with E-state index in [4.69, 9.17) is 0 Å². The smallest absolute Gasteiger partial charge is 0.270 e. The molecule has 3 aromatic carbocycles. The molecule has 0 aliphatic heterocycles. The number of halogens is 1. The molecule has 1 aromatic heterocycles. The molecule has 0 atom stereocenters. The van der Waals surface area contributed by atoms with Gasteiger partial charge in [0.05, 0.1) is 21.7 Å². The van der Waals surface area contributed by atoms with Gasteiger partial charge in [0.25, 0.3) is 11.6 Å². The van der Waals surface area contributed by atoms with E-state index in [0.29, 0.717) is 15.3 Å². The van der Waals surface area contributed by atoms with Crippen LogP contribution in [0, 0.1) is 15.9 Å². The van der Waals surface area contributed by atoms with Crippen LogP contribution in [-0.2, 0) is 6.54 Å². The predicted molar refractivity (Wildman–Crippen MR) is 110 cm³/mol. The number of benzene rings is 3. The summed E-state index contributed by atoms with van der Waals surface area (Å²) in [7, 11) is 0. The van der Waals surface area contributed by atoms with Crippen molar-refractivity contribution in [1.82, 2.24) is 4.98 Å². The molecule has 144 valence electrons. The van der Waals surface area contributed by atoms with Gasteiger partial charge in [0, 0.05) is 17.7 Å². The molecule has 0 N–H and O–H groups in total. The minimum atomic E-state index is -0.543. The van der Waals surface area contributed by atoms with Crippen LogP contribution in [-0.4, -0.2) is 15.8 Å². The summed E-state index contributed by atoms with van der Waals surface area (Å²) in [4.78, 5) is 29.7. The Morgan fingerprint density at radius 3 is 2.62 bits per heavy atom. The molecule has 1 heterocycles. The summed E-state index contributed by atoms with van der Waals surface area (Å²) in [5.74, 6) is -0.801. The first kappa shape index (κ1) is 18.7. The third-order valence-corrected chi connectivity index (χ3v) is 5.34. The highest BCUT2D eigenvalue weighted by Crippen LogP contribution is 2.31. The second-order valence-corrected chi connectivity index (χ2v) is 7.30. The molecule has 0 bridgehead atoms. The Balaban J connectivity index is 1.77. The highest BCUT2D eigenvalue weighted by Gasteiger charge is 2.23. The SMILES string of the molecule is O=C(c1cccc([N+](=O)[O-])c1)N(Cc1ccccc1)c1nc2ccc(F)cc2s1. The predicted octanol–water partition coefficient (Wildman–Crippen LogP) is 5.19. The average molecular weight is 407 g/mol. The first-order chi connectivity index (χ1) is 14.0. The molecule has 0 unspecified atom stereocenters. The van der Waals surface area contributed by atoms with Gasteiger partial charge >= 0.3 is 0 Å². The lowest BCUT2D eigenvalue weighted by molar-refractivity contribution is -0.384. The van der Waals surface area contributed by atoms with Crippen LogP contribution in [0.1, 0.15) is 15.9 Å². The van der Waals surface area contributed by atoms with E-state index in [2.05, 4.69) is 4.98 Å². The molecule has 6 nitrogen and oxygen atoms in total. The monoisotopic (exact) mass is 407 g/mol. The summed E-state index contributed by atoms with van der Waals surface area (Å²) in [6.45, 7) is 0.227. The Hall–Kier alpha value is -3.65. The largest absolute Gasteiger partial charge is 0.279 e. The molecule has 0 aliphatic carbocycles. The van der Waals surface area contributed by atoms with Crippen LogP contribution in [0.5, 0.6) is 0 Å². The maximum absolute atomic E-state index is 13.6. The number of amides is 1. The molecule has 0 fully saturated rings. The Kier molecular flexibility index (Phi) is 5.01. The third-order valence-electron chi connectivity index (χ3n) is 4.30. The Morgan fingerprint density at radius 1 is 1.07 bits per heavy atom. The van der Waals surface area contributed by atoms with E-state index >= 15 is 0 Å². The number of hydrogen-bond donors (Lipinski definition) is 0. The summed E-state index contributed by atoms with van der Waals surface area (Å²) < 4.78 is 14.2. The van der Waals surface area contributed by atoms with E-state index in [1.54, 1.807) is 6.07 Å². The number of anilines is 1. The van der Waals surface area contributed by atoms with Crippen molar-refractivity contribution in [2.24, 2.45) is 0 Å². The molecule has 4 aromatic rings. The van der Waals surface area contributed by atoms with Gasteiger partial charge < -0.3 is 0 Å². The van der Waals surface area contributed by atoms with E-state index in [-0.39, 0.29) is 23.6 Å². The second kappa shape index (κ2) is 7.76. The fourth-order valence-electron chi connectivity index (χ4n) is 2.90. The van der Waals surface area contributed by atoms with Crippen LogP contribution in [0.3, 0.4) is 0 Å². The van der Waals surface area contributed by atoms with Crippen molar-refractivity contribution in [3.05, 3.63) is 99.9 Å². The van der Waals surface area contributed by atoms with Crippen molar-refractivity contribution in [1.29, 1.82) is 0 Å². The van der Waals surface area contributed by atoms with Crippen LogP contribution in [0.25, 0.3) is 10.2 Å². The van der Waals surface area contributed by atoms with E-state index in [1.807, 2.05) is 30.3 Å². The van der Waals surface area contributed by atoms with Gasteiger partial charge in [-0.05, 0) is 29.8 Å². The fraction of sp³-hybridized carbons (Fsp3) is 0.0476. The zero-order valence-electron chi connectivity index (χ0n) is 15.0. The number of rotatable bonds is 5. The van der Waals surface area contributed by atoms with Crippen molar-refractivity contribution >= 4 is 38.3 Å². The first-order valence-corrected chi connectivity index (χ1v) is 9.49. The molecule has 4 rings (SSSR count). The van der Waals surface area contributed by atoms with E-state index < -0.39 is 10.8 Å². The van der Waals surface area contributed by atoms with Gasteiger partial charge in [0.15, 0.2) is 5.13 Å². The molecule has 0 saturated carbocycles. The zero-order valence-corrected chi connectivity index (χ0v) is 15.8. The number of nitro groups is 1. The number of fused-ring (bicyclic) bond motifs is 1. The fourth-order valence-corrected chi connectivity index (χ4v) is 3.89. The van der Waals surface area contributed by atoms with Gasteiger partial charge in [0.1, 0.15) is 5.82 Å². The number of hydrogen-bond acceptors (Lipinski definition) is 5. The van der Waals surface area contributed by atoms with E-state index in [9.17, 15) is 19.3 Å². The highest BCUT2D eigenvalue weighted by molar-refractivity contribution is 7.22. The van der Waals surface area contributed by atoms with Crippen LogP contribution in [0.4, 0.5) is 15.2 Å². The normalized spacial score (nSPS) is 10.8. The minimum absolute atomic E-state index is 0.165. The summed E-state index contributed by atoms with van der Waals surface area (Å²) >= 11 is 1.19. The first-order valence-electron chi connectivity index (χ1n) is 8.67. The summed E-state index contributed by atoms with van der Waals surface area (Å²) in [5.41, 5.74) is 1.47. The van der Waals surface area contributed by atoms with Crippen molar-refractivity contribution in [2.45, 2.75) is 6.54 Å². The number of thiazole rings is 1. The molecule has 0 saturated heterocycles. The number of carbonyl (C=O) groups excluding carboxylic acids is 1. The zero-order chi connectivity index (χ0) is 20.4. The minimum Gasteiger partial charge on any atom is -0.279 e. The molecule has 0 radical (unpaired) electrons. The number of nitrogens with zero attached hydrogens (tertiary/aromatic N) is 3. The lowest BCUT2D eigenvalue weighted by atomic mass is 10.1. The van der Waals surface area contributed by atoms with Crippen LogP contribution >= 0.6 is 11.3 Å². The highest BCUT2D eigenvalue weighted by atomic mass is 32.1. The van der Waals surface area contributed by atoms with Gasteiger partial charge in [0.2, 0.25) is 0 Å². The summed E-state index contributed by atoms with van der Waals surface area (Å²) in [5, 5.41) is 11.5. The van der Waals surface area contributed by atoms with E-state index in [0.717, 1.165) is 5.56 Å². The molecular weight excluding hydrogens is 393 g/mol. The van der Waals surface area contributed by atoms with Crippen molar-refractivity contribution in [2.75, 3.05) is 4.90 Å². The van der Waals surface area contributed by atoms with Crippen molar-refractivity contribution < 1.29 is 14.1 Å². The number of carbonyl (C=O) groups is 1. The summed E-state index contributed by atoms with van der Waals surface area (Å²) in [6.07, 6.45) is 0. The topological polar surface area (TPSA) is 76.3 Å². The van der Waals surface area contributed by atoms with Gasteiger partial charge in [-0.25, -0.2) is 9.37 Å². The van der Waals surface area contributed by atoms with Gasteiger partial charge in [-0.1, -0.05) is 47.7 Å². The van der Waals surface area contributed by atoms with Crippen LogP contribution in [0.2, 0.25) is 0 Å². The van der Waals surface area contributed by atoms with Crippen LogP contribution in [0.15, 0.2) is 72.8 Å². The number of aromatic nitrogens is 1. The third kappa shape index (κ3) is 3.97. The quantitative estimate of drug-likeness (QED) is 0.337. The van der Waals surface area contributed by atoms with Gasteiger partial charge in [-0.3, -0.25) is 19.8 Å². The molecular formula is C21H14FN3O3S. The Bertz CT molecular complexity index is 1210. The van der Waals surface area contributed by atoms with Crippen molar-refractivity contribution in [3.8, 4) is 0 Å². The molecule has 29 heavy (non-hydrogen) atoms. The standard InChI is InChI=1S/C21H14FN3O3S/c22-16-9-10-18-19(12-16)29-21(23-18)24(13-14-5-2-1-3-6-14)20(26)15-7-4-8-17(11-15)25(27)28/h1-12H,13H2. The molecule has 0 aliphatic rings. The maximum Gasteiger partial charge on any atom is 0.270 e. The lowest BCUT2D eigenvalue weighted by Gasteiger charge is -2.20. The molecule has 8 heteroatoms. The number of non-ortho nitro benzene ring substituents is 1. The maximum atomic E-state index is 13.6. The van der Waals surface area contributed by atoms with Crippen LogP contribution < -0.4 is 4.90 Å².